The van der Waals surface area contributed by atoms with Crippen LogP contribution in [0.3, 0.4) is 0 Å². The predicted molar refractivity (Wildman–Crippen MR) is 114 cm³/mol. The normalized spacial score (nSPS) is 15.2. The zero-order chi connectivity index (χ0) is 20.3. The van der Waals surface area contributed by atoms with Gasteiger partial charge in [0.2, 0.25) is 11.9 Å². The van der Waals surface area contributed by atoms with Crippen molar-refractivity contribution < 1.29 is 4.74 Å². The summed E-state index contributed by atoms with van der Waals surface area (Å²) in [6, 6.07) is 5.77. The third kappa shape index (κ3) is 4.83. The molecule has 7 nitrogen and oxygen atoms in total. The highest BCUT2D eigenvalue weighted by Gasteiger charge is 2.22. The summed E-state index contributed by atoms with van der Waals surface area (Å²) >= 11 is 6.17. The van der Waals surface area contributed by atoms with Crippen LogP contribution in [0, 0.1) is 0 Å². The Labute approximate surface area is 172 Å². The third-order valence-corrected chi connectivity index (χ3v) is 5.07. The van der Waals surface area contributed by atoms with Gasteiger partial charge in [0.15, 0.2) is 0 Å². The van der Waals surface area contributed by atoms with E-state index in [9.17, 15) is 0 Å². The Morgan fingerprint density at radius 2 is 1.82 bits per heavy atom. The SMILES string of the molecule is COc1ccc(Cl)cc1CN1CCN(c2nc(C(C)C)nc(N(C)C)n2)CC1. The predicted octanol–water partition coefficient (Wildman–Crippen LogP) is 3.05. The smallest absolute Gasteiger partial charge is 0.230 e. The number of hydrogen-bond donors (Lipinski definition) is 0. The second kappa shape index (κ2) is 8.92. The van der Waals surface area contributed by atoms with Crippen molar-refractivity contribution in [3.8, 4) is 5.75 Å². The van der Waals surface area contributed by atoms with E-state index in [4.69, 9.17) is 21.3 Å². The maximum absolute atomic E-state index is 6.17. The number of aromatic nitrogens is 3. The number of methoxy groups -OCH3 is 1. The van der Waals surface area contributed by atoms with Crippen molar-refractivity contribution >= 4 is 23.5 Å². The molecule has 3 rings (SSSR count). The molecule has 0 amide bonds. The summed E-state index contributed by atoms with van der Waals surface area (Å²) in [5.74, 6) is 3.44. The first kappa shape index (κ1) is 20.6. The number of anilines is 2. The van der Waals surface area contributed by atoms with Crippen LogP contribution in [-0.2, 0) is 6.54 Å². The van der Waals surface area contributed by atoms with Gasteiger partial charge in [0.05, 0.1) is 7.11 Å². The molecule has 2 heterocycles. The summed E-state index contributed by atoms with van der Waals surface area (Å²) in [4.78, 5) is 20.5. The van der Waals surface area contributed by atoms with Gasteiger partial charge in [-0.1, -0.05) is 25.4 Å². The summed E-state index contributed by atoms with van der Waals surface area (Å²) in [5.41, 5.74) is 1.11. The molecule has 0 bridgehead atoms. The summed E-state index contributed by atoms with van der Waals surface area (Å²) in [6.07, 6.45) is 0. The van der Waals surface area contributed by atoms with Gasteiger partial charge in [0.1, 0.15) is 11.6 Å². The van der Waals surface area contributed by atoms with E-state index < -0.39 is 0 Å². The first-order chi connectivity index (χ1) is 13.4. The summed E-state index contributed by atoms with van der Waals surface area (Å²) in [5, 5.41) is 0.733. The highest BCUT2D eigenvalue weighted by Crippen LogP contribution is 2.25. The van der Waals surface area contributed by atoms with Crippen LogP contribution < -0.4 is 14.5 Å². The number of benzene rings is 1. The topological polar surface area (TPSA) is 57.6 Å². The van der Waals surface area contributed by atoms with Gasteiger partial charge < -0.3 is 14.5 Å². The van der Waals surface area contributed by atoms with Gasteiger partial charge in [-0.15, -0.1) is 0 Å². The Balaban J connectivity index is 1.70. The van der Waals surface area contributed by atoms with Crippen LogP contribution in [0.15, 0.2) is 18.2 Å². The van der Waals surface area contributed by atoms with Crippen LogP contribution in [0.2, 0.25) is 5.02 Å². The first-order valence-corrected chi connectivity index (χ1v) is 9.98. The standard InChI is InChI=1S/C20H29ClN6O/c1-14(2)18-22-19(25(3)4)24-20(23-18)27-10-8-26(9-11-27)13-15-12-16(21)6-7-17(15)28-5/h6-7,12,14H,8-11,13H2,1-5H3. The van der Waals surface area contributed by atoms with Crippen LogP contribution in [0.1, 0.15) is 31.2 Å². The monoisotopic (exact) mass is 404 g/mol. The quantitative estimate of drug-likeness (QED) is 0.733. The highest BCUT2D eigenvalue weighted by atomic mass is 35.5. The van der Waals surface area contributed by atoms with Crippen molar-refractivity contribution in [2.75, 3.05) is 57.2 Å². The molecule has 1 fully saturated rings. The van der Waals surface area contributed by atoms with Gasteiger partial charge in [-0.05, 0) is 18.2 Å². The number of rotatable bonds is 6. The van der Waals surface area contributed by atoms with Crippen molar-refractivity contribution in [2.45, 2.75) is 26.3 Å². The first-order valence-electron chi connectivity index (χ1n) is 9.60. The molecular formula is C20H29ClN6O. The van der Waals surface area contributed by atoms with Gasteiger partial charge in [0, 0.05) is 63.3 Å². The Morgan fingerprint density at radius 1 is 1.11 bits per heavy atom. The molecule has 1 saturated heterocycles. The Bertz CT molecular complexity index is 779. The molecule has 152 valence electrons. The number of nitrogens with zero attached hydrogens (tertiary/aromatic N) is 6. The lowest BCUT2D eigenvalue weighted by atomic mass is 10.1. The minimum atomic E-state index is 0.261. The molecule has 0 aliphatic carbocycles. The van der Waals surface area contributed by atoms with E-state index in [1.54, 1.807) is 7.11 Å². The zero-order valence-electron chi connectivity index (χ0n) is 17.3. The summed E-state index contributed by atoms with van der Waals surface area (Å²) < 4.78 is 5.48. The van der Waals surface area contributed by atoms with Gasteiger partial charge in [-0.25, -0.2) is 0 Å². The van der Waals surface area contributed by atoms with Crippen LogP contribution in [0.5, 0.6) is 5.75 Å². The molecule has 2 aromatic rings. The largest absolute Gasteiger partial charge is 0.496 e. The molecule has 0 saturated carbocycles. The third-order valence-electron chi connectivity index (χ3n) is 4.84. The van der Waals surface area contributed by atoms with E-state index in [0.29, 0.717) is 5.95 Å². The fourth-order valence-corrected chi connectivity index (χ4v) is 3.38. The lowest BCUT2D eigenvalue weighted by Gasteiger charge is -2.35. The highest BCUT2D eigenvalue weighted by molar-refractivity contribution is 6.30. The Morgan fingerprint density at radius 3 is 2.43 bits per heavy atom. The van der Waals surface area contributed by atoms with Crippen molar-refractivity contribution in [2.24, 2.45) is 0 Å². The van der Waals surface area contributed by atoms with Gasteiger partial charge >= 0.3 is 0 Å². The second-order valence-corrected chi connectivity index (χ2v) is 8.00. The molecule has 0 radical (unpaired) electrons. The maximum Gasteiger partial charge on any atom is 0.230 e. The molecule has 28 heavy (non-hydrogen) atoms. The maximum atomic E-state index is 6.17. The van der Waals surface area contributed by atoms with E-state index in [2.05, 4.69) is 33.6 Å². The molecule has 1 aromatic heterocycles. The average Bonchev–Trinajstić information content (AvgIpc) is 2.68. The van der Waals surface area contributed by atoms with Crippen LogP contribution in [-0.4, -0.2) is 67.2 Å². The summed E-state index contributed by atoms with van der Waals surface area (Å²) in [6.45, 7) is 8.62. The molecule has 8 heteroatoms. The zero-order valence-corrected chi connectivity index (χ0v) is 18.1. The lowest BCUT2D eigenvalue weighted by Crippen LogP contribution is -2.46. The number of ether oxygens (including phenoxy) is 1. The van der Waals surface area contributed by atoms with E-state index >= 15 is 0 Å². The lowest BCUT2D eigenvalue weighted by molar-refractivity contribution is 0.245. The van der Waals surface area contributed by atoms with Crippen LogP contribution in [0.4, 0.5) is 11.9 Å². The van der Waals surface area contributed by atoms with E-state index in [1.165, 1.54) is 0 Å². The minimum Gasteiger partial charge on any atom is -0.496 e. The Kier molecular flexibility index (Phi) is 6.57. The van der Waals surface area contributed by atoms with E-state index in [-0.39, 0.29) is 5.92 Å². The number of halogens is 1. The molecule has 0 N–H and O–H groups in total. The minimum absolute atomic E-state index is 0.261. The number of hydrogen-bond acceptors (Lipinski definition) is 7. The van der Waals surface area contributed by atoms with Crippen molar-refractivity contribution in [3.63, 3.8) is 0 Å². The molecule has 0 unspecified atom stereocenters. The van der Waals surface area contributed by atoms with Crippen molar-refractivity contribution in [1.82, 2.24) is 19.9 Å². The molecule has 1 aliphatic rings. The molecule has 1 aromatic carbocycles. The summed E-state index contributed by atoms with van der Waals surface area (Å²) in [7, 11) is 5.61. The van der Waals surface area contributed by atoms with Gasteiger partial charge in [0.25, 0.3) is 0 Å². The van der Waals surface area contributed by atoms with Gasteiger partial charge in [-0.2, -0.15) is 15.0 Å². The van der Waals surface area contributed by atoms with E-state index in [1.807, 2.05) is 37.2 Å². The fraction of sp³-hybridized carbons (Fsp3) is 0.550. The van der Waals surface area contributed by atoms with E-state index in [0.717, 1.165) is 60.8 Å². The second-order valence-electron chi connectivity index (χ2n) is 7.56. The molecule has 0 atom stereocenters. The van der Waals surface area contributed by atoms with Gasteiger partial charge in [-0.3, -0.25) is 4.90 Å². The van der Waals surface area contributed by atoms with Crippen LogP contribution in [0.25, 0.3) is 0 Å². The number of piperazine rings is 1. The van der Waals surface area contributed by atoms with Crippen LogP contribution >= 0.6 is 11.6 Å². The molecule has 0 spiro atoms. The molecule has 1 aliphatic heterocycles. The molecular weight excluding hydrogens is 376 g/mol. The Hall–Kier alpha value is -2.12. The van der Waals surface area contributed by atoms with Crippen molar-refractivity contribution in [3.05, 3.63) is 34.6 Å². The fourth-order valence-electron chi connectivity index (χ4n) is 3.19. The average molecular weight is 405 g/mol. The van der Waals surface area contributed by atoms with Crippen molar-refractivity contribution in [1.29, 1.82) is 0 Å².